The van der Waals surface area contributed by atoms with Gasteiger partial charge < -0.3 is 16.0 Å². The first kappa shape index (κ1) is 20.4. The molecule has 4 rings (SSSR count). The number of nitrogens with zero attached hydrogens (tertiary/aromatic N) is 1. The van der Waals surface area contributed by atoms with Gasteiger partial charge in [-0.3, -0.25) is 5.32 Å². The molecule has 0 aliphatic rings. The summed E-state index contributed by atoms with van der Waals surface area (Å²) in [4.78, 5) is 28.4. The van der Waals surface area contributed by atoms with Gasteiger partial charge in [0.15, 0.2) is 5.13 Å². The summed E-state index contributed by atoms with van der Waals surface area (Å²) in [5.74, 6) is 0. The first-order chi connectivity index (χ1) is 15.1. The quantitative estimate of drug-likeness (QED) is 0.324. The van der Waals surface area contributed by atoms with Gasteiger partial charge in [0, 0.05) is 17.9 Å². The van der Waals surface area contributed by atoms with Crippen LogP contribution in [0.15, 0.2) is 72.8 Å². The van der Waals surface area contributed by atoms with Crippen LogP contribution in [0.1, 0.15) is 6.92 Å². The highest BCUT2D eigenvalue weighted by atomic mass is 32.1. The molecule has 0 aliphatic heterocycles. The summed E-state index contributed by atoms with van der Waals surface area (Å²) in [5, 5.41) is 11.6. The van der Waals surface area contributed by atoms with E-state index in [4.69, 9.17) is 0 Å². The topological polar surface area (TPSA) is 95.2 Å². The molecule has 1 aromatic heterocycles. The second-order valence-electron chi connectivity index (χ2n) is 6.71. The minimum Gasteiger partial charge on any atom is -0.338 e. The fraction of sp³-hybridized carbons (Fsp3) is 0.0870. The fourth-order valence-electron chi connectivity index (χ4n) is 3.05. The lowest BCUT2D eigenvalue weighted by Crippen LogP contribution is -2.28. The van der Waals surface area contributed by atoms with Crippen LogP contribution in [-0.2, 0) is 0 Å². The van der Waals surface area contributed by atoms with Crippen LogP contribution in [0.25, 0.3) is 21.3 Å². The normalized spacial score (nSPS) is 10.5. The summed E-state index contributed by atoms with van der Waals surface area (Å²) in [6, 6.07) is 22.3. The van der Waals surface area contributed by atoms with Crippen LogP contribution in [0, 0.1) is 0 Å². The van der Waals surface area contributed by atoms with E-state index in [1.807, 2.05) is 79.7 Å². The number of urea groups is 2. The van der Waals surface area contributed by atoms with Crippen molar-refractivity contribution in [2.24, 2.45) is 0 Å². The van der Waals surface area contributed by atoms with Gasteiger partial charge >= 0.3 is 12.1 Å². The van der Waals surface area contributed by atoms with Crippen LogP contribution < -0.4 is 21.3 Å². The zero-order valence-electron chi connectivity index (χ0n) is 16.8. The monoisotopic (exact) mass is 431 g/mol. The molecule has 1 heterocycles. The third-order valence-corrected chi connectivity index (χ3v) is 5.37. The van der Waals surface area contributed by atoms with Crippen molar-refractivity contribution in [3.8, 4) is 11.1 Å². The van der Waals surface area contributed by atoms with E-state index in [-0.39, 0.29) is 12.1 Å². The molecule has 0 saturated heterocycles. The number of carbonyl (C=O) groups excluding carboxylic acids is 2. The van der Waals surface area contributed by atoms with Gasteiger partial charge in [0.25, 0.3) is 0 Å². The maximum atomic E-state index is 12.3. The third kappa shape index (κ3) is 5.18. The number of benzene rings is 3. The van der Waals surface area contributed by atoms with E-state index in [0.29, 0.717) is 17.4 Å². The summed E-state index contributed by atoms with van der Waals surface area (Å²) in [6.45, 7) is 2.41. The van der Waals surface area contributed by atoms with Crippen LogP contribution in [0.5, 0.6) is 0 Å². The summed E-state index contributed by atoms with van der Waals surface area (Å²) >= 11 is 1.41. The molecular weight excluding hydrogens is 410 g/mol. The van der Waals surface area contributed by atoms with E-state index >= 15 is 0 Å². The zero-order valence-corrected chi connectivity index (χ0v) is 17.6. The molecule has 3 aromatic carbocycles. The van der Waals surface area contributed by atoms with E-state index in [1.165, 1.54) is 11.3 Å². The molecule has 156 valence electrons. The summed E-state index contributed by atoms with van der Waals surface area (Å²) in [7, 11) is 0. The summed E-state index contributed by atoms with van der Waals surface area (Å²) in [5.41, 5.74) is 4.19. The standard InChI is InChI=1S/C23H21N5O2S/c1-2-24-21(29)28-23-27-19-12-11-16(14-20(19)31-23)15-7-6-10-18(13-15)26-22(30)25-17-8-4-3-5-9-17/h3-14H,2H2,1H3,(H2,25,26,30)(H2,24,27,28,29). The molecule has 4 aromatic rings. The highest BCUT2D eigenvalue weighted by Gasteiger charge is 2.09. The zero-order chi connectivity index (χ0) is 21.6. The Hall–Kier alpha value is -3.91. The van der Waals surface area contributed by atoms with Crippen molar-refractivity contribution in [1.29, 1.82) is 0 Å². The van der Waals surface area contributed by atoms with E-state index < -0.39 is 0 Å². The van der Waals surface area contributed by atoms with Gasteiger partial charge in [-0.05, 0) is 54.4 Å². The molecule has 7 nitrogen and oxygen atoms in total. The SMILES string of the molecule is CCNC(=O)Nc1nc2ccc(-c3cccc(NC(=O)Nc4ccccc4)c3)cc2s1. The van der Waals surface area contributed by atoms with Crippen molar-refractivity contribution < 1.29 is 9.59 Å². The lowest BCUT2D eigenvalue weighted by Gasteiger charge is -2.09. The predicted molar refractivity (Wildman–Crippen MR) is 127 cm³/mol. The number of para-hydroxylation sites is 1. The van der Waals surface area contributed by atoms with Gasteiger partial charge in [0.1, 0.15) is 0 Å². The van der Waals surface area contributed by atoms with E-state index in [0.717, 1.165) is 27.0 Å². The van der Waals surface area contributed by atoms with Crippen molar-refractivity contribution in [2.45, 2.75) is 6.92 Å². The molecule has 0 radical (unpaired) electrons. The van der Waals surface area contributed by atoms with Crippen molar-refractivity contribution >= 4 is 50.1 Å². The predicted octanol–water partition coefficient (Wildman–Crippen LogP) is 5.75. The largest absolute Gasteiger partial charge is 0.338 e. The highest BCUT2D eigenvalue weighted by Crippen LogP contribution is 2.31. The van der Waals surface area contributed by atoms with E-state index in [9.17, 15) is 9.59 Å². The minimum absolute atomic E-state index is 0.269. The molecule has 8 heteroatoms. The molecule has 0 fully saturated rings. The molecule has 31 heavy (non-hydrogen) atoms. The maximum absolute atomic E-state index is 12.3. The van der Waals surface area contributed by atoms with Crippen LogP contribution in [0.4, 0.5) is 26.1 Å². The Labute approximate surface area is 183 Å². The van der Waals surface area contributed by atoms with Crippen LogP contribution >= 0.6 is 11.3 Å². The first-order valence-electron chi connectivity index (χ1n) is 9.79. The van der Waals surface area contributed by atoms with Gasteiger partial charge in [-0.2, -0.15) is 0 Å². The Bertz CT molecular complexity index is 1220. The number of anilines is 3. The Morgan fingerprint density at radius 1 is 0.806 bits per heavy atom. The Balaban J connectivity index is 1.50. The number of amides is 4. The number of rotatable bonds is 5. The molecule has 0 unspecified atom stereocenters. The molecule has 0 atom stereocenters. The maximum Gasteiger partial charge on any atom is 0.323 e. The van der Waals surface area contributed by atoms with Crippen molar-refractivity contribution in [3.05, 3.63) is 72.8 Å². The number of carbonyl (C=O) groups is 2. The second-order valence-corrected chi connectivity index (χ2v) is 7.74. The first-order valence-corrected chi connectivity index (χ1v) is 10.6. The smallest absolute Gasteiger partial charge is 0.323 e. The molecule has 4 amide bonds. The lowest BCUT2D eigenvalue weighted by molar-refractivity contribution is 0.252. The average Bonchev–Trinajstić information content (AvgIpc) is 3.16. The Morgan fingerprint density at radius 2 is 1.55 bits per heavy atom. The molecular formula is C23H21N5O2S. The third-order valence-electron chi connectivity index (χ3n) is 4.43. The second kappa shape index (κ2) is 9.27. The average molecular weight is 432 g/mol. The highest BCUT2D eigenvalue weighted by molar-refractivity contribution is 7.22. The number of aromatic nitrogens is 1. The summed E-state index contributed by atoms with van der Waals surface area (Å²) < 4.78 is 0.962. The number of nitrogens with one attached hydrogen (secondary N) is 4. The van der Waals surface area contributed by atoms with Crippen LogP contribution in [0.2, 0.25) is 0 Å². The van der Waals surface area contributed by atoms with Gasteiger partial charge in [0.05, 0.1) is 10.2 Å². The van der Waals surface area contributed by atoms with Crippen molar-refractivity contribution in [2.75, 3.05) is 22.5 Å². The number of hydrogen-bond donors (Lipinski definition) is 4. The molecule has 0 bridgehead atoms. The number of fused-ring (bicyclic) bond motifs is 1. The van der Waals surface area contributed by atoms with Gasteiger partial charge in [-0.25, -0.2) is 14.6 Å². The summed E-state index contributed by atoms with van der Waals surface area (Å²) in [6.07, 6.45) is 0. The number of thiazole rings is 1. The van der Waals surface area contributed by atoms with E-state index in [1.54, 1.807) is 0 Å². The fourth-order valence-corrected chi connectivity index (χ4v) is 3.95. The van der Waals surface area contributed by atoms with Gasteiger partial charge in [0.2, 0.25) is 0 Å². The minimum atomic E-state index is -0.303. The van der Waals surface area contributed by atoms with Crippen molar-refractivity contribution in [3.63, 3.8) is 0 Å². The lowest BCUT2D eigenvalue weighted by atomic mass is 10.0. The molecule has 0 saturated carbocycles. The van der Waals surface area contributed by atoms with Gasteiger partial charge in [-0.15, -0.1) is 0 Å². The number of hydrogen-bond acceptors (Lipinski definition) is 4. The molecule has 0 spiro atoms. The van der Waals surface area contributed by atoms with Crippen LogP contribution in [0.3, 0.4) is 0 Å². The molecule has 4 N–H and O–H groups in total. The molecule has 0 aliphatic carbocycles. The Kier molecular flexibility index (Phi) is 6.09. The van der Waals surface area contributed by atoms with Crippen molar-refractivity contribution in [1.82, 2.24) is 10.3 Å². The Morgan fingerprint density at radius 3 is 2.35 bits per heavy atom. The van der Waals surface area contributed by atoms with Gasteiger partial charge in [-0.1, -0.05) is 47.7 Å². The van der Waals surface area contributed by atoms with E-state index in [2.05, 4.69) is 26.3 Å². The van der Waals surface area contributed by atoms with Crippen LogP contribution in [-0.4, -0.2) is 23.6 Å².